The van der Waals surface area contributed by atoms with E-state index in [1.807, 2.05) is 146 Å². The van der Waals surface area contributed by atoms with E-state index in [-0.39, 0.29) is 21.1 Å². The number of rotatable bonds is 28. The van der Waals surface area contributed by atoms with Crippen molar-refractivity contribution in [2.24, 2.45) is 23.7 Å². The Kier molecular flexibility index (Phi) is 22.7. The predicted molar refractivity (Wildman–Crippen MR) is 386 cm³/mol. The fourth-order valence-electron chi connectivity index (χ4n) is 18.1. The summed E-state index contributed by atoms with van der Waals surface area (Å²) in [5.74, 6) is 2.71. The van der Waals surface area contributed by atoms with Gasteiger partial charge >= 0.3 is 21.1 Å². The molecule has 554 valence electrons. The van der Waals surface area contributed by atoms with Crippen LogP contribution in [-0.4, -0.2) is 68.7 Å². The van der Waals surface area contributed by atoms with E-state index in [2.05, 4.69) is 55.4 Å². The first kappa shape index (κ1) is 77.0. The first-order chi connectivity index (χ1) is 50.2. The van der Waals surface area contributed by atoms with Crippen molar-refractivity contribution in [1.82, 2.24) is 0 Å². The van der Waals surface area contributed by atoms with Crippen molar-refractivity contribution >= 4 is 23.9 Å². The van der Waals surface area contributed by atoms with Gasteiger partial charge in [0.1, 0.15) is 68.4 Å². The van der Waals surface area contributed by atoms with Gasteiger partial charge in [0.05, 0.1) is 23.9 Å². The van der Waals surface area contributed by atoms with Gasteiger partial charge in [-0.1, -0.05) is 231 Å². The van der Waals surface area contributed by atoms with Crippen LogP contribution in [0.2, 0.25) is 0 Å². The Labute approximate surface area is 633 Å². The van der Waals surface area contributed by atoms with Crippen molar-refractivity contribution in [3.63, 3.8) is 0 Å². The van der Waals surface area contributed by atoms with E-state index >= 15 is 0 Å². The Morgan fingerprint density at radius 3 is 0.714 bits per heavy atom. The van der Waals surface area contributed by atoms with Crippen LogP contribution in [0.4, 0.5) is 0 Å². The topological polar surface area (TPSA) is 248 Å². The largest absolute Gasteiger partial charge is 4.00 e. The minimum atomic E-state index is -1.37. The fourth-order valence-corrected chi connectivity index (χ4v) is 18.1. The number of hydrogen-bond acceptors (Lipinski definition) is 16. The molecule has 4 aromatic rings. The van der Waals surface area contributed by atoms with E-state index < -0.39 is 68.7 Å². The maximum absolute atomic E-state index is 12.2. The molecule has 0 saturated carbocycles. The number of fused-ring (bicyclic) bond motifs is 12. The fraction of sp³-hybridized carbons (Fsp3) is 0.500. The van der Waals surface area contributed by atoms with E-state index in [1.54, 1.807) is 0 Å². The Balaban J connectivity index is 0.000000131. The molecule has 0 spiro atoms. The van der Waals surface area contributed by atoms with Gasteiger partial charge < -0.3 is 77.5 Å². The van der Waals surface area contributed by atoms with Gasteiger partial charge in [-0.15, -0.1) is 0 Å². The Morgan fingerprint density at radius 2 is 0.533 bits per heavy atom. The molecule has 0 amide bonds. The van der Waals surface area contributed by atoms with Crippen LogP contribution in [0.5, 0.6) is 23.0 Å². The summed E-state index contributed by atoms with van der Waals surface area (Å²) in [6, 6.07) is 31.0. The zero-order valence-electron chi connectivity index (χ0n) is 62.1. The summed E-state index contributed by atoms with van der Waals surface area (Å²) in [5, 5.41) is 48.9. The second-order valence-electron chi connectivity index (χ2n) is 30.6. The second kappa shape index (κ2) is 30.9. The first-order valence-corrected chi connectivity index (χ1v) is 38.6. The van der Waals surface area contributed by atoms with Gasteiger partial charge in [-0.05, 0) is 144 Å². The minimum absolute atomic E-state index is 0. The number of ether oxygens (including phenoxy) is 8. The maximum Gasteiger partial charge on any atom is 4.00 e. The van der Waals surface area contributed by atoms with Gasteiger partial charge in [0.2, 0.25) is 0 Å². The van der Waals surface area contributed by atoms with Crippen LogP contribution < -0.4 is 39.4 Å². The number of carbonyl (C=O) groups is 4. The average molecular weight is 1510 g/mol. The van der Waals surface area contributed by atoms with E-state index in [1.165, 1.54) is 0 Å². The van der Waals surface area contributed by atoms with Crippen molar-refractivity contribution in [3.8, 4) is 23.0 Å². The van der Waals surface area contributed by atoms with E-state index in [4.69, 9.17) is 37.9 Å². The zero-order chi connectivity index (χ0) is 73.5. The molecule has 12 unspecified atom stereocenters. The number of carbonyl (C=O) groups excluding carboxylic acids is 4. The third-order valence-corrected chi connectivity index (χ3v) is 24.4. The van der Waals surface area contributed by atoms with Crippen LogP contribution >= 0.6 is 0 Å². The number of carboxylic acids is 4. The van der Waals surface area contributed by atoms with Crippen molar-refractivity contribution < 1.29 is 98.6 Å². The standard InChI is InChI=1S/4C22H26O4.Mo/c4*1-3-5-8-15(4-2)14-21-12-11-19-17(22(21,26-21)20(23)24)13-16-9-6-7-10-18(16)25-19;/h4*6-7,9-12,15H,3-5,8,13-14H2,1-2H3,(H,23,24);/q;;;;+4/p-4. The van der Waals surface area contributed by atoms with Crippen molar-refractivity contribution in [2.45, 2.75) is 254 Å². The number of hydrogen-bond donors (Lipinski definition) is 0. The quantitative estimate of drug-likeness (QED) is 0.0379. The molecule has 4 saturated heterocycles. The molecule has 4 aliphatic carbocycles. The van der Waals surface area contributed by atoms with Crippen LogP contribution in [-0.2, 0) is 84.9 Å². The summed E-state index contributed by atoms with van der Waals surface area (Å²) in [7, 11) is 0. The number of allylic oxidation sites excluding steroid dienone is 4. The molecule has 12 atom stereocenters. The van der Waals surface area contributed by atoms with Crippen molar-refractivity contribution in [2.75, 3.05) is 0 Å². The van der Waals surface area contributed by atoms with Gasteiger partial charge in [0, 0.05) is 48.0 Å². The Bertz CT molecular complexity index is 3710. The van der Waals surface area contributed by atoms with Gasteiger partial charge in [-0.2, -0.15) is 0 Å². The third kappa shape index (κ3) is 13.5. The molecule has 0 aromatic heterocycles. The van der Waals surface area contributed by atoms with E-state index in [9.17, 15) is 39.6 Å². The number of aliphatic carboxylic acids is 4. The molecule has 16 nitrogen and oxygen atoms in total. The maximum atomic E-state index is 12.2. The van der Waals surface area contributed by atoms with Gasteiger partial charge in [-0.3, -0.25) is 0 Å². The van der Waals surface area contributed by atoms with Crippen LogP contribution in [0, 0.1) is 23.7 Å². The number of carboxylic acid groups (broad SMARTS) is 4. The summed E-state index contributed by atoms with van der Waals surface area (Å²) in [6.45, 7) is 17.4. The van der Waals surface area contributed by atoms with Crippen LogP contribution in [0.1, 0.15) is 206 Å². The summed E-state index contributed by atoms with van der Waals surface area (Å²) in [5.41, 5.74) is -1.86. The molecule has 105 heavy (non-hydrogen) atoms. The van der Waals surface area contributed by atoms with Crippen molar-refractivity contribution in [1.29, 1.82) is 0 Å². The van der Waals surface area contributed by atoms with Crippen LogP contribution in [0.15, 0.2) is 191 Å². The number of benzene rings is 4. The van der Waals surface area contributed by atoms with E-state index in [0.717, 1.165) is 148 Å². The molecular formula is C88H100MoO16. The van der Waals surface area contributed by atoms with Crippen LogP contribution in [0.25, 0.3) is 0 Å². The third-order valence-electron chi connectivity index (χ3n) is 24.4. The smallest absolute Gasteiger partial charge is 0.546 e. The predicted octanol–water partition coefficient (Wildman–Crippen LogP) is 13.2. The van der Waals surface area contributed by atoms with Gasteiger partial charge in [0.15, 0.2) is 22.4 Å². The number of para-hydroxylation sites is 4. The van der Waals surface area contributed by atoms with Gasteiger partial charge in [-0.25, -0.2) is 0 Å². The average Bonchev–Trinajstić information content (AvgIpc) is 1.53. The zero-order valence-corrected chi connectivity index (χ0v) is 64.1. The summed E-state index contributed by atoms with van der Waals surface area (Å²) in [6.07, 6.45) is 37.8. The van der Waals surface area contributed by atoms with E-state index in [0.29, 0.717) is 120 Å². The minimum Gasteiger partial charge on any atom is -0.546 e. The van der Waals surface area contributed by atoms with Crippen LogP contribution in [0.3, 0.4) is 0 Å². The van der Waals surface area contributed by atoms with Gasteiger partial charge in [0.25, 0.3) is 0 Å². The Morgan fingerprint density at radius 1 is 0.333 bits per heavy atom. The molecule has 0 radical (unpaired) electrons. The molecule has 0 bridgehead atoms. The molecule has 4 aromatic carbocycles. The van der Waals surface area contributed by atoms with Crippen molar-refractivity contribution in [3.05, 3.63) is 213 Å². The number of unbranched alkanes of at least 4 members (excludes halogenated alkanes) is 4. The molecule has 16 rings (SSSR count). The summed E-state index contributed by atoms with van der Waals surface area (Å²) >= 11 is 0. The number of epoxide rings is 4. The molecule has 17 heteroatoms. The molecule has 8 heterocycles. The molecule has 8 aliphatic heterocycles. The first-order valence-electron chi connectivity index (χ1n) is 38.6. The molecule has 0 N–H and O–H groups in total. The molecule has 4 fully saturated rings. The monoisotopic (exact) mass is 1510 g/mol. The normalized spacial score (nSPS) is 29.0. The Hall–Kier alpha value is -7.59. The SMILES string of the molecule is CCCCC(CC)CC12C=CC3=C(Cc4ccccc4O3)C1(C(=O)[O-])O2.CCCCC(CC)CC12C=CC3=C(Cc4ccccc4O3)C1(C(=O)[O-])O2.CCCCC(CC)CC12C=CC3=C(Cc4ccccc4O3)C1(C(=O)[O-])O2.CCCCC(CC)CC12C=CC3=C(Cc4ccccc4O3)C1(C(=O)[O-])O2.[Mo+4]. The summed E-state index contributed by atoms with van der Waals surface area (Å²) in [4.78, 5) is 48.9. The molecular weight excluding hydrogens is 1410 g/mol. The molecule has 12 aliphatic rings. The second-order valence-corrected chi connectivity index (χ2v) is 30.6. The summed E-state index contributed by atoms with van der Waals surface area (Å²) < 4.78 is 48.0.